The van der Waals surface area contributed by atoms with Crippen molar-refractivity contribution < 1.29 is 27.1 Å². The van der Waals surface area contributed by atoms with Gasteiger partial charge in [-0.1, -0.05) is 29.8 Å². The third kappa shape index (κ3) is 6.53. The van der Waals surface area contributed by atoms with Crippen molar-refractivity contribution in [1.82, 2.24) is 5.32 Å². The lowest BCUT2D eigenvalue weighted by Gasteiger charge is -2.19. The Morgan fingerprint density at radius 1 is 1.03 bits per heavy atom. The zero-order valence-corrected chi connectivity index (χ0v) is 19.0. The van der Waals surface area contributed by atoms with Gasteiger partial charge in [0.05, 0.1) is 24.5 Å². The number of rotatable bonds is 8. The summed E-state index contributed by atoms with van der Waals surface area (Å²) in [5.41, 5.74) is 0.868. The fourth-order valence-electron chi connectivity index (χ4n) is 2.98. The normalized spacial score (nSPS) is 12.0. The Hall–Kier alpha value is -3.43. The number of carbonyl (C=O) groups excluding carboxylic acids is 2. The first-order chi connectivity index (χ1) is 15.7. The van der Waals surface area contributed by atoms with Gasteiger partial charge in [0.1, 0.15) is 5.82 Å². The molecule has 172 valence electrons. The maximum absolute atomic E-state index is 13.1. The summed E-state index contributed by atoms with van der Waals surface area (Å²) in [6.07, 6.45) is -0.131. The predicted molar refractivity (Wildman–Crippen MR) is 122 cm³/mol. The molecular weight excluding hydrogens is 471 g/mol. The highest BCUT2D eigenvalue weighted by Gasteiger charge is 2.21. The van der Waals surface area contributed by atoms with Crippen molar-refractivity contribution in [3.8, 4) is 0 Å². The second-order valence-electron chi connectivity index (χ2n) is 7.00. The number of benzene rings is 3. The van der Waals surface area contributed by atoms with Crippen LogP contribution in [0.25, 0.3) is 0 Å². The Kier molecular flexibility index (Phi) is 7.67. The number of ether oxygens (including phenoxy) is 1. The van der Waals surface area contributed by atoms with Crippen LogP contribution in [-0.4, -0.2) is 27.4 Å². The van der Waals surface area contributed by atoms with E-state index in [1.54, 1.807) is 24.3 Å². The summed E-state index contributed by atoms with van der Waals surface area (Å²) in [5, 5.41) is 3.22. The minimum Gasteiger partial charge on any atom is -0.469 e. The summed E-state index contributed by atoms with van der Waals surface area (Å²) >= 11 is 5.92. The summed E-state index contributed by atoms with van der Waals surface area (Å²) < 4.78 is 45.5. The number of halogens is 2. The number of esters is 1. The summed E-state index contributed by atoms with van der Waals surface area (Å²) in [6, 6.07) is 16.1. The topological polar surface area (TPSA) is 102 Å². The monoisotopic (exact) mass is 490 g/mol. The van der Waals surface area contributed by atoms with Gasteiger partial charge in [0.25, 0.3) is 15.9 Å². The van der Waals surface area contributed by atoms with Crippen LogP contribution in [0.1, 0.15) is 28.4 Å². The van der Waals surface area contributed by atoms with Gasteiger partial charge < -0.3 is 10.1 Å². The molecule has 7 nitrogen and oxygen atoms in total. The van der Waals surface area contributed by atoms with Gasteiger partial charge >= 0.3 is 5.97 Å². The fourth-order valence-corrected chi connectivity index (χ4v) is 4.21. The zero-order valence-electron chi connectivity index (χ0n) is 17.4. The maximum Gasteiger partial charge on any atom is 0.307 e. The highest BCUT2D eigenvalue weighted by molar-refractivity contribution is 7.92. The Labute approximate surface area is 195 Å². The van der Waals surface area contributed by atoms with Crippen LogP contribution in [0.15, 0.2) is 77.7 Å². The van der Waals surface area contributed by atoms with E-state index in [0.29, 0.717) is 10.6 Å². The third-order valence-electron chi connectivity index (χ3n) is 4.68. The lowest BCUT2D eigenvalue weighted by Crippen LogP contribution is -2.30. The number of hydrogen-bond acceptors (Lipinski definition) is 5. The van der Waals surface area contributed by atoms with Gasteiger partial charge in [-0.15, -0.1) is 0 Å². The van der Waals surface area contributed by atoms with E-state index in [0.717, 1.165) is 12.1 Å². The molecule has 1 atom stereocenters. The summed E-state index contributed by atoms with van der Waals surface area (Å²) in [4.78, 5) is 24.6. The summed E-state index contributed by atoms with van der Waals surface area (Å²) in [6.45, 7) is 0. The Balaban J connectivity index is 1.82. The molecule has 0 spiro atoms. The molecule has 3 aromatic carbocycles. The van der Waals surface area contributed by atoms with E-state index in [1.165, 1.54) is 43.5 Å². The largest absolute Gasteiger partial charge is 0.469 e. The van der Waals surface area contributed by atoms with Crippen molar-refractivity contribution >= 4 is 39.2 Å². The number of anilines is 1. The molecule has 1 unspecified atom stereocenters. The number of nitrogens with one attached hydrogen (secondary N) is 2. The van der Waals surface area contributed by atoms with E-state index in [9.17, 15) is 22.4 Å². The predicted octanol–water partition coefficient (Wildman–Crippen LogP) is 4.31. The molecule has 0 aliphatic rings. The Bertz CT molecular complexity index is 1250. The molecule has 33 heavy (non-hydrogen) atoms. The molecule has 0 saturated carbocycles. The third-order valence-corrected chi connectivity index (χ3v) is 6.31. The first-order valence-electron chi connectivity index (χ1n) is 9.69. The molecule has 0 aliphatic carbocycles. The molecule has 0 fully saturated rings. The molecule has 0 aliphatic heterocycles. The second kappa shape index (κ2) is 10.5. The van der Waals surface area contributed by atoms with Crippen LogP contribution in [0.3, 0.4) is 0 Å². The summed E-state index contributed by atoms with van der Waals surface area (Å²) in [7, 11) is -2.79. The molecule has 3 aromatic rings. The lowest BCUT2D eigenvalue weighted by atomic mass is 10.0. The van der Waals surface area contributed by atoms with Crippen molar-refractivity contribution in [2.75, 3.05) is 11.8 Å². The SMILES string of the molecule is COC(=O)CC(NC(=O)c1cccc(S(=O)(=O)Nc2ccc(F)cc2)c1)c1ccc(Cl)cc1. The van der Waals surface area contributed by atoms with Crippen LogP contribution in [-0.2, 0) is 19.6 Å². The second-order valence-corrected chi connectivity index (χ2v) is 9.12. The molecule has 0 heterocycles. The van der Waals surface area contributed by atoms with E-state index in [-0.39, 0.29) is 22.6 Å². The van der Waals surface area contributed by atoms with Crippen LogP contribution in [0.4, 0.5) is 10.1 Å². The average molecular weight is 491 g/mol. The van der Waals surface area contributed by atoms with E-state index < -0.39 is 33.8 Å². The van der Waals surface area contributed by atoms with Crippen LogP contribution in [0.5, 0.6) is 0 Å². The standard InChI is InChI=1S/C23H20ClFN2O5S/c1-32-22(28)14-21(15-5-7-17(24)8-6-15)26-23(29)16-3-2-4-20(13-16)33(30,31)27-19-11-9-18(25)10-12-19/h2-13,21,27H,14H2,1H3,(H,26,29). The van der Waals surface area contributed by atoms with Crippen LogP contribution < -0.4 is 10.0 Å². The van der Waals surface area contributed by atoms with Gasteiger partial charge in [-0.05, 0) is 60.2 Å². The number of carbonyl (C=O) groups is 2. The van der Waals surface area contributed by atoms with Crippen molar-refractivity contribution in [2.24, 2.45) is 0 Å². The molecule has 0 aromatic heterocycles. The highest BCUT2D eigenvalue weighted by atomic mass is 35.5. The summed E-state index contributed by atoms with van der Waals surface area (Å²) in [5.74, 6) is -1.62. The maximum atomic E-state index is 13.1. The van der Waals surface area contributed by atoms with Crippen LogP contribution >= 0.6 is 11.6 Å². The Morgan fingerprint density at radius 2 is 1.70 bits per heavy atom. The molecule has 0 bridgehead atoms. The molecule has 1 amide bonds. The van der Waals surface area contributed by atoms with E-state index in [2.05, 4.69) is 10.0 Å². The van der Waals surface area contributed by atoms with E-state index in [1.807, 2.05) is 0 Å². The molecule has 2 N–H and O–H groups in total. The van der Waals surface area contributed by atoms with E-state index >= 15 is 0 Å². The average Bonchev–Trinajstić information content (AvgIpc) is 2.80. The lowest BCUT2D eigenvalue weighted by molar-refractivity contribution is -0.141. The van der Waals surface area contributed by atoms with Crippen LogP contribution in [0.2, 0.25) is 5.02 Å². The first-order valence-corrected chi connectivity index (χ1v) is 11.6. The Morgan fingerprint density at radius 3 is 2.33 bits per heavy atom. The molecule has 0 saturated heterocycles. The smallest absolute Gasteiger partial charge is 0.307 e. The minimum atomic E-state index is -4.03. The van der Waals surface area contributed by atoms with Crippen molar-refractivity contribution in [3.05, 3.63) is 94.8 Å². The molecule has 0 radical (unpaired) electrons. The number of methoxy groups -OCH3 is 1. The van der Waals surface area contributed by atoms with Gasteiger partial charge in [-0.25, -0.2) is 12.8 Å². The van der Waals surface area contributed by atoms with Crippen molar-refractivity contribution in [1.29, 1.82) is 0 Å². The number of hydrogen-bond donors (Lipinski definition) is 2. The fraction of sp³-hybridized carbons (Fsp3) is 0.130. The van der Waals surface area contributed by atoms with Gasteiger partial charge in [0, 0.05) is 16.3 Å². The molecule has 10 heteroatoms. The van der Waals surface area contributed by atoms with Gasteiger partial charge in [0.2, 0.25) is 0 Å². The van der Waals surface area contributed by atoms with Crippen LogP contribution in [0, 0.1) is 5.82 Å². The number of amides is 1. The quantitative estimate of drug-likeness (QED) is 0.458. The van der Waals surface area contributed by atoms with Crippen molar-refractivity contribution in [2.45, 2.75) is 17.4 Å². The molecular formula is C23H20ClFN2O5S. The molecule has 3 rings (SSSR count). The van der Waals surface area contributed by atoms with Gasteiger partial charge in [-0.3, -0.25) is 14.3 Å². The highest BCUT2D eigenvalue weighted by Crippen LogP contribution is 2.22. The van der Waals surface area contributed by atoms with Gasteiger partial charge in [0.15, 0.2) is 0 Å². The zero-order chi connectivity index (χ0) is 24.0. The van der Waals surface area contributed by atoms with Gasteiger partial charge in [-0.2, -0.15) is 0 Å². The first kappa shape index (κ1) is 24.2. The number of sulfonamides is 1. The minimum absolute atomic E-state index is 0.0702. The van der Waals surface area contributed by atoms with Crippen molar-refractivity contribution in [3.63, 3.8) is 0 Å². The van der Waals surface area contributed by atoms with E-state index in [4.69, 9.17) is 16.3 Å².